The first kappa shape index (κ1) is 9.09. The van der Waals surface area contributed by atoms with Crippen molar-refractivity contribution in [3.63, 3.8) is 0 Å². The van der Waals surface area contributed by atoms with Gasteiger partial charge in [0.1, 0.15) is 10.7 Å². The molecule has 14 heavy (non-hydrogen) atoms. The van der Waals surface area contributed by atoms with Gasteiger partial charge in [-0.3, -0.25) is 4.98 Å². The Hall–Kier alpha value is -1.48. The van der Waals surface area contributed by atoms with Gasteiger partial charge in [0.25, 0.3) is 0 Å². The van der Waals surface area contributed by atoms with Crippen LogP contribution in [-0.4, -0.2) is 9.97 Å². The number of hydrogen-bond donors (Lipinski definition) is 1. The molecule has 2 N–H and O–H groups in total. The zero-order chi connectivity index (χ0) is 10.1. The van der Waals surface area contributed by atoms with Gasteiger partial charge in [0.2, 0.25) is 0 Å². The van der Waals surface area contributed by atoms with Crippen LogP contribution in [0.5, 0.6) is 0 Å². The molecule has 2 nitrogen and oxygen atoms in total. The minimum absolute atomic E-state index is 0.348. The lowest BCUT2D eigenvalue weighted by atomic mass is 10.1. The molecule has 0 atom stereocenters. The van der Waals surface area contributed by atoms with Gasteiger partial charge >= 0.3 is 0 Å². The van der Waals surface area contributed by atoms with E-state index >= 15 is 0 Å². The van der Waals surface area contributed by atoms with Crippen molar-refractivity contribution in [1.82, 2.24) is 4.98 Å². The monoisotopic (exact) mass is 202 g/mol. The van der Waals surface area contributed by atoms with E-state index in [9.17, 15) is 0 Å². The maximum absolute atomic E-state index is 5.60. The van der Waals surface area contributed by atoms with Gasteiger partial charge in [-0.05, 0) is 23.9 Å². The second-order valence-corrected chi connectivity index (χ2v) is 3.63. The molecule has 0 aliphatic heterocycles. The Morgan fingerprint density at radius 3 is 2.79 bits per heavy atom. The zero-order valence-electron chi connectivity index (χ0n) is 7.82. The Bertz CT molecular complexity index is 506. The molecule has 70 valence electrons. The Kier molecular flexibility index (Phi) is 2.17. The lowest BCUT2D eigenvalue weighted by Gasteiger charge is -2.05. The van der Waals surface area contributed by atoms with Crippen LogP contribution in [0, 0.1) is 6.92 Å². The van der Waals surface area contributed by atoms with E-state index < -0.39 is 0 Å². The van der Waals surface area contributed by atoms with Gasteiger partial charge < -0.3 is 5.73 Å². The Morgan fingerprint density at radius 1 is 1.29 bits per heavy atom. The van der Waals surface area contributed by atoms with Crippen LogP contribution < -0.4 is 5.73 Å². The Morgan fingerprint density at radius 2 is 2.07 bits per heavy atom. The molecule has 0 saturated heterocycles. The standard InChI is InChI=1S/C11H10N2S/c1-7-3-2-4-9-8(7)5-6-13-10(9)11(12)14/h2-6H,1H3,(H2,12,14). The van der Waals surface area contributed by atoms with Crippen LogP contribution in [0.3, 0.4) is 0 Å². The average molecular weight is 202 g/mol. The number of fused-ring (bicyclic) bond motifs is 1. The zero-order valence-corrected chi connectivity index (χ0v) is 8.64. The van der Waals surface area contributed by atoms with E-state index in [-0.39, 0.29) is 0 Å². The van der Waals surface area contributed by atoms with Crippen LogP contribution in [0.25, 0.3) is 10.8 Å². The molecule has 0 fully saturated rings. The van der Waals surface area contributed by atoms with Crippen LogP contribution in [0.4, 0.5) is 0 Å². The van der Waals surface area contributed by atoms with E-state index in [1.165, 1.54) is 5.56 Å². The summed E-state index contributed by atoms with van der Waals surface area (Å²) in [6, 6.07) is 8.02. The Labute approximate surface area is 87.8 Å². The summed E-state index contributed by atoms with van der Waals surface area (Å²) in [5.41, 5.74) is 7.52. The van der Waals surface area contributed by atoms with Crippen molar-refractivity contribution in [3.05, 3.63) is 41.7 Å². The summed E-state index contributed by atoms with van der Waals surface area (Å²) in [5.74, 6) is 0. The topological polar surface area (TPSA) is 38.9 Å². The highest BCUT2D eigenvalue weighted by atomic mass is 32.1. The molecule has 1 aromatic carbocycles. The minimum Gasteiger partial charge on any atom is -0.388 e. The fraction of sp³-hybridized carbons (Fsp3) is 0.0909. The van der Waals surface area contributed by atoms with Crippen LogP contribution in [-0.2, 0) is 0 Å². The SMILES string of the molecule is Cc1cccc2c(C(N)=S)nccc12. The molecule has 0 saturated carbocycles. The normalized spacial score (nSPS) is 10.4. The molecule has 0 unspecified atom stereocenters. The highest BCUT2D eigenvalue weighted by Gasteiger charge is 2.05. The number of hydrogen-bond acceptors (Lipinski definition) is 2. The number of nitrogens with two attached hydrogens (primary N) is 1. The molecule has 2 aromatic rings. The molecule has 0 aliphatic carbocycles. The summed E-state index contributed by atoms with van der Waals surface area (Å²) in [7, 11) is 0. The first-order chi connectivity index (χ1) is 6.70. The number of benzene rings is 1. The molecule has 0 amide bonds. The highest BCUT2D eigenvalue weighted by molar-refractivity contribution is 7.80. The molecule has 1 heterocycles. The number of aryl methyl sites for hydroxylation is 1. The second kappa shape index (κ2) is 3.35. The number of nitrogens with zero attached hydrogens (tertiary/aromatic N) is 1. The predicted octanol–water partition coefficient (Wildman–Crippen LogP) is 2.18. The van der Waals surface area contributed by atoms with Crippen LogP contribution in [0.1, 0.15) is 11.3 Å². The number of rotatable bonds is 1. The molecule has 0 aliphatic rings. The largest absolute Gasteiger partial charge is 0.388 e. The fourth-order valence-electron chi connectivity index (χ4n) is 1.56. The third-order valence-electron chi connectivity index (χ3n) is 2.26. The van der Waals surface area contributed by atoms with Gasteiger partial charge in [-0.2, -0.15) is 0 Å². The second-order valence-electron chi connectivity index (χ2n) is 3.19. The lowest BCUT2D eigenvalue weighted by molar-refractivity contribution is 1.32. The highest BCUT2D eigenvalue weighted by Crippen LogP contribution is 2.19. The summed E-state index contributed by atoms with van der Waals surface area (Å²) in [5, 5.41) is 2.19. The van der Waals surface area contributed by atoms with Crippen molar-refractivity contribution in [1.29, 1.82) is 0 Å². The van der Waals surface area contributed by atoms with Crippen molar-refractivity contribution in [3.8, 4) is 0 Å². The van der Waals surface area contributed by atoms with Gasteiger partial charge in [-0.1, -0.05) is 30.4 Å². The number of pyridine rings is 1. The molecule has 0 spiro atoms. The molecular weight excluding hydrogens is 192 g/mol. The molecule has 0 bridgehead atoms. The summed E-state index contributed by atoms with van der Waals surface area (Å²) in [6.45, 7) is 2.06. The molecule has 0 radical (unpaired) electrons. The minimum atomic E-state index is 0.348. The smallest absolute Gasteiger partial charge is 0.123 e. The van der Waals surface area contributed by atoms with E-state index in [1.807, 2.05) is 18.2 Å². The molecule has 1 aromatic heterocycles. The van der Waals surface area contributed by atoms with Crippen molar-refractivity contribution in [2.45, 2.75) is 6.92 Å². The molecule has 3 heteroatoms. The van der Waals surface area contributed by atoms with Crippen molar-refractivity contribution >= 4 is 28.0 Å². The first-order valence-electron chi connectivity index (χ1n) is 4.34. The molecular formula is C11H10N2S. The van der Waals surface area contributed by atoms with Gasteiger partial charge in [-0.15, -0.1) is 0 Å². The third-order valence-corrected chi connectivity index (χ3v) is 2.45. The van der Waals surface area contributed by atoms with Gasteiger partial charge in [0, 0.05) is 11.6 Å². The van der Waals surface area contributed by atoms with E-state index in [1.54, 1.807) is 6.20 Å². The van der Waals surface area contributed by atoms with Crippen molar-refractivity contribution < 1.29 is 0 Å². The van der Waals surface area contributed by atoms with Crippen LogP contribution in [0.15, 0.2) is 30.5 Å². The summed E-state index contributed by atoms with van der Waals surface area (Å²) in [6.07, 6.45) is 1.74. The lowest BCUT2D eigenvalue weighted by Crippen LogP contribution is -2.11. The number of aromatic nitrogens is 1. The quantitative estimate of drug-likeness (QED) is 0.720. The number of thiocarbonyl (C=S) groups is 1. The Balaban J connectivity index is 2.88. The van der Waals surface area contributed by atoms with Gasteiger partial charge in [0.05, 0.1) is 0 Å². The predicted molar refractivity (Wildman–Crippen MR) is 62.4 cm³/mol. The molecule has 2 rings (SSSR count). The maximum Gasteiger partial charge on any atom is 0.123 e. The van der Waals surface area contributed by atoms with Crippen molar-refractivity contribution in [2.24, 2.45) is 5.73 Å². The summed E-state index contributed by atoms with van der Waals surface area (Å²) in [4.78, 5) is 4.53. The third kappa shape index (κ3) is 1.36. The van der Waals surface area contributed by atoms with Crippen LogP contribution >= 0.6 is 12.2 Å². The van der Waals surface area contributed by atoms with Gasteiger partial charge in [0.15, 0.2) is 0 Å². The summed E-state index contributed by atoms with van der Waals surface area (Å²) >= 11 is 4.95. The van der Waals surface area contributed by atoms with E-state index in [2.05, 4.69) is 18.0 Å². The maximum atomic E-state index is 5.60. The summed E-state index contributed by atoms with van der Waals surface area (Å²) < 4.78 is 0. The average Bonchev–Trinajstić information content (AvgIpc) is 2.17. The van der Waals surface area contributed by atoms with E-state index in [0.717, 1.165) is 10.8 Å². The van der Waals surface area contributed by atoms with Crippen LogP contribution in [0.2, 0.25) is 0 Å². The van der Waals surface area contributed by atoms with Crippen molar-refractivity contribution in [2.75, 3.05) is 0 Å². The van der Waals surface area contributed by atoms with Gasteiger partial charge in [-0.25, -0.2) is 0 Å². The fourth-order valence-corrected chi connectivity index (χ4v) is 1.72. The first-order valence-corrected chi connectivity index (χ1v) is 4.75. The van der Waals surface area contributed by atoms with E-state index in [4.69, 9.17) is 18.0 Å². The van der Waals surface area contributed by atoms with E-state index in [0.29, 0.717) is 10.7 Å².